The highest BCUT2D eigenvalue weighted by Crippen LogP contribution is 2.31. The molecule has 0 spiro atoms. The standard InChI is InChI=1S/C21H26N2O3/c1-2-22-9-11-23(12-10-22)14-16(24)15-25-17-7-8-21-19(13-17)18-5-3-4-6-20(18)26-21/h3-8,13,16,24H,2,9-12,14-15H2,1H3/p+2/t16-/m1/s1. The molecule has 0 amide bonds. The number of benzene rings is 2. The Morgan fingerprint density at radius 1 is 1.00 bits per heavy atom. The molecule has 2 heterocycles. The topological polar surface area (TPSA) is 51.5 Å². The number of nitrogens with one attached hydrogen (secondary N) is 2. The Bertz CT molecular complexity index is 868. The van der Waals surface area contributed by atoms with Gasteiger partial charge in [0.2, 0.25) is 0 Å². The number of piperazine rings is 1. The fraction of sp³-hybridized carbons (Fsp3) is 0.429. The number of fused-ring (bicyclic) bond motifs is 3. The molecule has 0 bridgehead atoms. The third-order valence-electron chi connectivity index (χ3n) is 5.48. The van der Waals surface area contributed by atoms with Gasteiger partial charge in [0.1, 0.15) is 62.4 Å². The number of hydrogen-bond donors (Lipinski definition) is 3. The van der Waals surface area contributed by atoms with E-state index in [0.717, 1.165) is 47.3 Å². The lowest BCUT2D eigenvalue weighted by atomic mass is 10.1. The van der Waals surface area contributed by atoms with Gasteiger partial charge >= 0.3 is 0 Å². The first-order chi connectivity index (χ1) is 12.7. The minimum Gasteiger partial charge on any atom is -0.491 e. The summed E-state index contributed by atoms with van der Waals surface area (Å²) in [6.45, 7) is 9.18. The highest BCUT2D eigenvalue weighted by Gasteiger charge is 2.24. The number of para-hydroxylation sites is 1. The Kier molecular flexibility index (Phi) is 5.11. The maximum absolute atomic E-state index is 10.4. The molecule has 1 fully saturated rings. The predicted octanol–water partition coefficient (Wildman–Crippen LogP) is 0.129. The first kappa shape index (κ1) is 17.3. The SMILES string of the molecule is CC[NH+]1CC[NH+](C[C@@H](O)COc2ccc3oc4ccccc4c3c2)CC1. The van der Waals surface area contributed by atoms with Crippen molar-refractivity contribution in [2.75, 3.05) is 45.9 Å². The van der Waals surface area contributed by atoms with Crippen molar-refractivity contribution in [1.82, 2.24) is 0 Å². The summed E-state index contributed by atoms with van der Waals surface area (Å²) in [5, 5.41) is 12.5. The summed E-state index contributed by atoms with van der Waals surface area (Å²) in [5.41, 5.74) is 1.75. The van der Waals surface area contributed by atoms with Crippen LogP contribution in [0.4, 0.5) is 0 Å². The van der Waals surface area contributed by atoms with Gasteiger partial charge in [-0.3, -0.25) is 0 Å². The molecule has 2 aromatic carbocycles. The van der Waals surface area contributed by atoms with Crippen molar-refractivity contribution in [1.29, 1.82) is 0 Å². The van der Waals surface area contributed by atoms with E-state index >= 15 is 0 Å². The van der Waals surface area contributed by atoms with E-state index in [9.17, 15) is 5.11 Å². The lowest BCUT2D eigenvalue weighted by Crippen LogP contribution is -3.28. The van der Waals surface area contributed by atoms with Crippen LogP contribution in [0.1, 0.15) is 6.92 Å². The molecular formula is C21H28N2O3+2. The summed E-state index contributed by atoms with van der Waals surface area (Å²) in [6.07, 6.45) is -0.440. The van der Waals surface area contributed by atoms with Gasteiger partial charge in [0.05, 0.1) is 6.54 Å². The Morgan fingerprint density at radius 2 is 1.73 bits per heavy atom. The molecule has 1 aliphatic heterocycles. The fourth-order valence-electron chi connectivity index (χ4n) is 3.89. The summed E-state index contributed by atoms with van der Waals surface area (Å²) in [7, 11) is 0. The average molecular weight is 356 g/mol. The van der Waals surface area contributed by atoms with Gasteiger partial charge in [-0.2, -0.15) is 0 Å². The zero-order valence-corrected chi connectivity index (χ0v) is 15.3. The van der Waals surface area contributed by atoms with Crippen LogP contribution in [0.5, 0.6) is 5.75 Å². The third kappa shape index (κ3) is 3.70. The quantitative estimate of drug-likeness (QED) is 0.589. The van der Waals surface area contributed by atoms with E-state index < -0.39 is 6.10 Å². The van der Waals surface area contributed by atoms with E-state index in [-0.39, 0.29) is 0 Å². The molecule has 1 aromatic heterocycles. The molecule has 0 aliphatic carbocycles. The lowest BCUT2D eigenvalue weighted by Gasteiger charge is -2.30. The minimum absolute atomic E-state index is 0.329. The molecule has 5 nitrogen and oxygen atoms in total. The van der Waals surface area contributed by atoms with Gasteiger partial charge in [0.15, 0.2) is 0 Å². The molecule has 3 aromatic rings. The Hall–Kier alpha value is -2.08. The zero-order chi connectivity index (χ0) is 17.9. The number of furan rings is 1. The van der Waals surface area contributed by atoms with Crippen LogP contribution >= 0.6 is 0 Å². The van der Waals surface area contributed by atoms with Crippen LogP contribution in [0, 0.1) is 0 Å². The molecule has 1 aliphatic rings. The van der Waals surface area contributed by atoms with Crippen LogP contribution in [0.2, 0.25) is 0 Å². The van der Waals surface area contributed by atoms with Gasteiger partial charge < -0.3 is 24.1 Å². The van der Waals surface area contributed by atoms with E-state index in [2.05, 4.69) is 13.0 Å². The highest BCUT2D eigenvalue weighted by molar-refractivity contribution is 6.05. The van der Waals surface area contributed by atoms with Crippen LogP contribution in [0.25, 0.3) is 21.9 Å². The van der Waals surface area contributed by atoms with Crippen LogP contribution < -0.4 is 14.5 Å². The number of aliphatic hydroxyl groups excluding tert-OH is 1. The van der Waals surface area contributed by atoms with E-state index in [0.29, 0.717) is 6.61 Å². The second-order valence-corrected chi connectivity index (χ2v) is 7.28. The van der Waals surface area contributed by atoms with Gasteiger partial charge in [-0.1, -0.05) is 18.2 Å². The molecule has 0 saturated carbocycles. The maximum atomic E-state index is 10.4. The van der Waals surface area contributed by atoms with Gasteiger partial charge in [0.25, 0.3) is 0 Å². The second-order valence-electron chi connectivity index (χ2n) is 7.28. The number of aliphatic hydroxyl groups is 1. The molecule has 1 atom stereocenters. The van der Waals surface area contributed by atoms with Gasteiger partial charge in [-0.25, -0.2) is 0 Å². The molecule has 4 rings (SSSR count). The Balaban J connectivity index is 1.36. The van der Waals surface area contributed by atoms with Crippen molar-refractivity contribution in [3.63, 3.8) is 0 Å². The average Bonchev–Trinajstić information content (AvgIpc) is 3.05. The summed E-state index contributed by atoms with van der Waals surface area (Å²) >= 11 is 0. The summed E-state index contributed by atoms with van der Waals surface area (Å²) in [6, 6.07) is 13.9. The van der Waals surface area contributed by atoms with Crippen LogP contribution in [-0.2, 0) is 0 Å². The first-order valence-corrected chi connectivity index (χ1v) is 9.62. The summed E-state index contributed by atoms with van der Waals surface area (Å²) in [5.74, 6) is 0.776. The molecule has 0 radical (unpaired) electrons. The number of hydrogen-bond acceptors (Lipinski definition) is 3. The normalized spacial score (nSPS) is 21.9. The molecule has 1 saturated heterocycles. The molecule has 3 N–H and O–H groups in total. The van der Waals surface area contributed by atoms with Crippen LogP contribution in [0.15, 0.2) is 46.9 Å². The fourth-order valence-corrected chi connectivity index (χ4v) is 3.89. The maximum Gasteiger partial charge on any atom is 0.137 e. The smallest absolute Gasteiger partial charge is 0.137 e. The van der Waals surface area contributed by atoms with Crippen molar-refractivity contribution < 1.29 is 24.1 Å². The van der Waals surface area contributed by atoms with Gasteiger partial charge in [0, 0.05) is 10.8 Å². The Labute approximate surface area is 153 Å². The third-order valence-corrected chi connectivity index (χ3v) is 5.48. The van der Waals surface area contributed by atoms with Crippen molar-refractivity contribution in [3.8, 4) is 5.75 Å². The minimum atomic E-state index is -0.440. The van der Waals surface area contributed by atoms with E-state index in [1.54, 1.807) is 4.90 Å². The monoisotopic (exact) mass is 356 g/mol. The van der Waals surface area contributed by atoms with Crippen molar-refractivity contribution in [2.45, 2.75) is 13.0 Å². The van der Waals surface area contributed by atoms with Crippen molar-refractivity contribution in [3.05, 3.63) is 42.5 Å². The van der Waals surface area contributed by atoms with E-state index in [4.69, 9.17) is 9.15 Å². The largest absolute Gasteiger partial charge is 0.491 e. The van der Waals surface area contributed by atoms with Crippen molar-refractivity contribution >= 4 is 21.9 Å². The second kappa shape index (κ2) is 7.66. The predicted molar refractivity (Wildman–Crippen MR) is 102 cm³/mol. The molecule has 5 heteroatoms. The number of rotatable bonds is 6. The molecule has 138 valence electrons. The van der Waals surface area contributed by atoms with Crippen LogP contribution in [-0.4, -0.2) is 57.1 Å². The van der Waals surface area contributed by atoms with Gasteiger partial charge in [-0.15, -0.1) is 0 Å². The van der Waals surface area contributed by atoms with E-state index in [1.165, 1.54) is 24.5 Å². The van der Waals surface area contributed by atoms with Crippen molar-refractivity contribution in [2.24, 2.45) is 0 Å². The van der Waals surface area contributed by atoms with E-state index in [1.807, 2.05) is 36.4 Å². The lowest BCUT2D eigenvalue weighted by molar-refractivity contribution is -1.01. The summed E-state index contributed by atoms with van der Waals surface area (Å²) < 4.78 is 11.7. The number of quaternary nitrogens is 2. The molecular weight excluding hydrogens is 328 g/mol. The molecule has 0 unspecified atom stereocenters. The zero-order valence-electron chi connectivity index (χ0n) is 15.3. The van der Waals surface area contributed by atoms with Gasteiger partial charge in [-0.05, 0) is 31.2 Å². The number of likely N-dealkylation sites (N-methyl/N-ethyl adjacent to an activating group) is 1. The van der Waals surface area contributed by atoms with Crippen LogP contribution in [0.3, 0.4) is 0 Å². The first-order valence-electron chi connectivity index (χ1n) is 9.62. The molecule has 26 heavy (non-hydrogen) atoms. The Morgan fingerprint density at radius 3 is 2.54 bits per heavy atom. The summed E-state index contributed by atoms with van der Waals surface area (Å²) in [4.78, 5) is 3.15. The highest BCUT2D eigenvalue weighted by atomic mass is 16.5. The number of ether oxygens (including phenoxy) is 1.